The van der Waals surface area contributed by atoms with Crippen LogP contribution in [0.5, 0.6) is 11.8 Å². The number of piperazine rings is 1. The molecule has 0 radical (unpaired) electrons. The van der Waals surface area contributed by atoms with Crippen molar-refractivity contribution in [3.63, 3.8) is 0 Å². The molecule has 3 atom stereocenters. The van der Waals surface area contributed by atoms with Crippen molar-refractivity contribution >= 4 is 27.5 Å². The lowest BCUT2D eigenvalue weighted by molar-refractivity contribution is 0.188. The maximum atomic E-state index is 16.7. The minimum Gasteiger partial charge on any atom is -0.508 e. The highest BCUT2D eigenvalue weighted by Crippen LogP contribution is 2.40. The van der Waals surface area contributed by atoms with Crippen molar-refractivity contribution in [2.24, 2.45) is 0 Å². The molecule has 10 heteroatoms. The SMILES string of the molecule is [2H]C([2H])([2H])N1CCC[C@H]1COc1nc(N2CC3CCC2CN3)c2cnc(-c3cc(O)cc4ccc(F)c(CC)c34)c(F)c2n1. The minimum atomic E-state index is -2.24. The van der Waals surface area contributed by atoms with E-state index in [1.54, 1.807) is 6.07 Å². The average Bonchev–Trinajstić information content (AvgIpc) is 3.50. The van der Waals surface area contributed by atoms with Crippen LogP contribution in [0, 0.1) is 11.6 Å². The molecule has 2 bridgehead atoms. The molecule has 4 saturated heterocycles. The monoisotopic (exact) mass is 563 g/mol. The van der Waals surface area contributed by atoms with Gasteiger partial charge >= 0.3 is 6.01 Å². The van der Waals surface area contributed by atoms with Crippen LogP contribution in [0.25, 0.3) is 32.9 Å². The zero-order chi connectivity index (χ0) is 30.7. The Morgan fingerprint density at radius 2 is 2.10 bits per heavy atom. The number of phenolic OH excluding ortho intramolecular Hbond substituents is 1. The topological polar surface area (TPSA) is 86.6 Å². The summed E-state index contributed by atoms with van der Waals surface area (Å²) in [6, 6.07) is 5.86. The van der Waals surface area contributed by atoms with Crippen molar-refractivity contribution < 1.29 is 22.7 Å². The first-order chi connectivity index (χ1) is 21.1. The van der Waals surface area contributed by atoms with Crippen molar-refractivity contribution in [1.82, 2.24) is 25.2 Å². The predicted molar refractivity (Wildman–Crippen MR) is 155 cm³/mol. The van der Waals surface area contributed by atoms with E-state index in [9.17, 15) is 9.50 Å². The number of rotatable bonds is 6. The van der Waals surface area contributed by atoms with Gasteiger partial charge in [0, 0.05) is 47.1 Å². The number of aryl methyl sites for hydroxylation is 1. The van der Waals surface area contributed by atoms with Crippen LogP contribution in [0.3, 0.4) is 0 Å². The molecule has 0 spiro atoms. The Morgan fingerprint density at radius 3 is 2.85 bits per heavy atom. The first kappa shape index (κ1) is 23.0. The van der Waals surface area contributed by atoms with Crippen LogP contribution in [0.1, 0.15) is 42.3 Å². The summed E-state index contributed by atoms with van der Waals surface area (Å²) in [5.41, 5.74) is 0.590. The Bertz CT molecular complexity index is 1750. The molecule has 4 aromatic rings. The lowest BCUT2D eigenvalue weighted by Gasteiger charge is -2.46. The zero-order valence-electron chi connectivity index (χ0n) is 25.8. The van der Waals surface area contributed by atoms with Crippen LogP contribution in [0.15, 0.2) is 30.5 Å². The van der Waals surface area contributed by atoms with Gasteiger partial charge in [-0.15, -0.1) is 0 Å². The van der Waals surface area contributed by atoms with Crippen LogP contribution in [0.4, 0.5) is 14.6 Å². The largest absolute Gasteiger partial charge is 0.508 e. The number of ether oxygens (including phenoxy) is 1. The number of phenols is 1. The summed E-state index contributed by atoms with van der Waals surface area (Å²) in [7, 11) is 0. The van der Waals surface area contributed by atoms with E-state index in [4.69, 9.17) is 13.8 Å². The highest BCUT2D eigenvalue weighted by atomic mass is 19.1. The number of hydrogen-bond donors (Lipinski definition) is 2. The molecular weight excluding hydrogens is 526 g/mol. The molecule has 2 aromatic carbocycles. The van der Waals surface area contributed by atoms with Gasteiger partial charge in [0.15, 0.2) is 5.82 Å². The smallest absolute Gasteiger partial charge is 0.319 e. The van der Waals surface area contributed by atoms with Gasteiger partial charge in [-0.05, 0) is 80.2 Å². The highest BCUT2D eigenvalue weighted by molar-refractivity contribution is 6.01. The van der Waals surface area contributed by atoms with Crippen LogP contribution in [0.2, 0.25) is 0 Å². The Morgan fingerprint density at radius 1 is 1.20 bits per heavy atom. The molecule has 0 aliphatic carbocycles. The van der Waals surface area contributed by atoms with Crippen LogP contribution >= 0.6 is 0 Å². The van der Waals surface area contributed by atoms with Crippen LogP contribution < -0.4 is 15.0 Å². The van der Waals surface area contributed by atoms with E-state index in [2.05, 4.69) is 20.2 Å². The number of pyridine rings is 1. The Hall–Kier alpha value is -3.63. The summed E-state index contributed by atoms with van der Waals surface area (Å²) in [6.07, 6.45) is 5.30. The van der Waals surface area contributed by atoms with E-state index >= 15 is 4.39 Å². The molecule has 0 saturated carbocycles. The summed E-state index contributed by atoms with van der Waals surface area (Å²) in [5.74, 6) is -0.735. The van der Waals surface area contributed by atoms with Gasteiger partial charge < -0.3 is 25.0 Å². The molecular formula is C31H34F2N6O2. The number of likely N-dealkylation sites (tertiary alicyclic amines) is 1. The molecule has 2 aromatic heterocycles. The molecule has 8 nitrogen and oxygen atoms in total. The normalized spacial score (nSPS) is 24.1. The Kier molecular flexibility index (Phi) is 5.79. The van der Waals surface area contributed by atoms with Crippen molar-refractivity contribution in [2.45, 2.75) is 57.2 Å². The first-order valence-corrected chi connectivity index (χ1v) is 14.3. The summed E-state index contributed by atoms with van der Waals surface area (Å²) in [4.78, 5) is 17.4. The van der Waals surface area contributed by atoms with E-state index < -0.39 is 18.6 Å². The van der Waals surface area contributed by atoms with Gasteiger partial charge in [0.05, 0.1) is 5.39 Å². The maximum Gasteiger partial charge on any atom is 0.319 e. The lowest BCUT2D eigenvalue weighted by Crippen LogP contribution is -2.61. The number of aromatic hydroxyl groups is 1. The highest BCUT2D eigenvalue weighted by Gasteiger charge is 2.36. The third-order valence-corrected chi connectivity index (χ3v) is 8.81. The predicted octanol–water partition coefficient (Wildman–Crippen LogP) is 4.80. The fraction of sp³-hybridized carbons (Fsp3) is 0.452. The number of nitrogens with zero attached hydrogens (tertiary/aromatic N) is 5. The standard InChI is InChI=1S/C31H34F2N6O2/c1-3-22-25(32)9-6-17-11-21(40)12-23(26(17)22)28-27(33)29-24(14-35-28)30(39-15-18-7-8-19(39)13-34-18)37-31(36-29)41-16-20-5-4-10-38(20)2/h6,9,11-12,14,18-20,34,40H,3-5,7-8,10,13,15-16H2,1-2H3/t18?,19?,20-/m0/s1/i2D3. The number of benzene rings is 2. The van der Waals surface area contributed by atoms with E-state index in [-0.39, 0.29) is 53.3 Å². The van der Waals surface area contributed by atoms with Gasteiger partial charge in [0.2, 0.25) is 0 Å². The molecule has 41 heavy (non-hydrogen) atoms. The second kappa shape index (κ2) is 10.3. The molecule has 6 heterocycles. The zero-order valence-corrected chi connectivity index (χ0v) is 22.8. The summed E-state index contributed by atoms with van der Waals surface area (Å²) < 4.78 is 61.3. The Balaban J connectivity index is 1.37. The van der Waals surface area contributed by atoms with Gasteiger partial charge in [0.25, 0.3) is 0 Å². The Labute approximate surface area is 241 Å². The fourth-order valence-corrected chi connectivity index (χ4v) is 6.67. The number of likely N-dealkylation sites (N-methyl/N-ethyl adjacent to an activating group) is 1. The second-order valence-corrected chi connectivity index (χ2v) is 11.3. The van der Waals surface area contributed by atoms with Crippen LogP contribution in [-0.2, 0) is 6.42 Å². The summed E-state index contributed by atoms with van der Waals surface area (Å²) in [5, 5.41) is 15.5. The fourth-order valence-electron chi connectivity index (χ4n) is 6.67. The number of aromatic nitrogens is 3. The number of piperidine rings is 2. The third kappa shape index (κ3) is 4.53. The number of anilines is 1. The van der Waals surface area contributed by atoms with Gasteiger partial charge in [0.1, 0.15) is 35.2 Å². The number of hydrogen-bond acceptors (Lipinski definition) is 8. The van der Waals surface area contributed by atoms with Crippen LogP contribution in [-0.4, -0.2) is 76.3 Å². The lowest BCUT2D eigenvalue weighted by atomic mass is 9.92. The number of halogens is 2. The van der Waals surface area contributed by atoms with Gasteiger partial charge in [-0.3, -0.25) is 4.98 Å². The van der Waals surface area contributed by atoms with Gasteiger partial charge in [-0.2, -0.15) is 9.97 Å². The quantitative estimate of drug-likeness (QED) is 0.346. The number of nitrogens with one attached hydrogen (secondary N) is 1. The van der Waals surface area contributed by atoms with Gasteiger partial charge in [-0.1, -0.05) is 13.0 Å². The summed E-state index contributed by atoms with van der Waals surface area (Å²) in [6.45, 7) is 1.53. The number of fused-ring (bicyclic) bond motifs is 5. The average molecular weight is 564 g/mol. The second-order valence-electron chi connectivity index (χ2n) is 11.3. The molecule has 2 N–H and O–H groups in total. The van der Waals surface area contributed by atoms with E-state index in [1.807, 2.05) is 6.92 Å². The first-order valence-electron chi connectivity index (χ1n) is 15.8. The van der Waals surface area contributed by atoms with Crippen molar-refractivity contribution in [3.05, 3.63) is 47.7 Å². The molecule has 0 amide bonds. The maximum absolute atomic E-state index is 16.7. The van der Waals surface area contributed by atoms with E-state index in [1.165, 1.54) is 29.3 Å². The summed E-state index contributed by atoms with van der Waals surface area (Å²) >= 11 is 0. The molecule has 4 aliphatic rings. The van der Waals surface area contributed by atoms with E-state index in [0.717, 1.165) is 25.8 Å². The van der Waals surface area contributed by atoms with Crippen molar-refractivity contribution in [3.8, 4) is 23.0 Å². The van der Waals surface area contributed by atoms with Crippen molar-refractivity contribution in [2.75, 3.05) is 38.1 Å². The molecule has 2 unspecified atom stereocenters. The molecule has 4 fully saturated rings. The molecule has 4 aliphatic heterocycles. The molecule has 8 rings (SSSR count). The van der Waals surface area contributed by atoms with Crippen molar-refractivity contribution in [1.29, 1.82) is 0 Å². The third-order valence-electron chi connectivity index (χ3n) is 8.81. The minimum absolute atomic E-state index is 0.00514. The van der Waals surface area contributed by atoms with Gasteiger partial charge in [-0.25, -0.2) is 8.78 Å². The van der Waals surface area contributed by atoms with E-state index in [0.29, 0.717) is 53.5 Å². The molecule has 214 valence electrons.